The van der Waals surface area contributed by atoms with Crippen LogP contribution >= 0.6 is 23.4 Å². The SMILES string of the molecule is O=C(CSc1nc(-c2ccccc2)c(-c2ccccc2)o1)c1ccccc1Cl. The minimum absolute atomic E-state index is 0.0590. The Morgan fingerprint density at radius 3 is 2.14 bits per heavy atom. The van der Waals surface area contributed by atoms with Crippen LogP contribution in [0, 0.1) is 0 Å². The van der Waals surface area contributed by atoms with E-state index in [4.69, 9.17) is 16.0 Å². The second kappa shape index (κ2) is 8.46. The summed E-state index contributed by atoms with van der Waals surface area (Å²) in [5.74, 6) is 0.836. The molecule has 5 heteroatoms. The van der Waals surface area contributed by atoms with E-state index < -0.39 is 0 Å². The maximum absolute atomic E-state index is 12.5. The lowest BCUT2D eigenvalue weighted by molar-refractivity contribution is 0.102. The Bertz CT molecular complexity index is 1040. The maximum atomic E-state index is 12.5. The summed E-state index contributed by atoms with van der Waals surface area (Å²) in [6, 6.07) is 26.8. The molecule has 0 amide bonds. The zero-order valence-corrected chi connectivity index (χ0v) is 16.4. The molecule has 0 radical (unpaired) electrons. The summed E-state index contributed by atoms with van der Waals surface area (Å²) in [4.78, 5) is 17.2. The third kappa shape index (κ3) is 4.03. The van der Waals surface area contributed by atoms with Gasteiger partial charge in [-0.2, -0.15) is 0 Å². The average Bonchev–Trinajstić information content (AvgIpc) is 3.18. The van der Waals surface area contributed by atoms with Crippen molar-refractivity contribution < 1.29 is 9.21 Å². The van der Waals surface area contributed by atoms with E-state index >= 15 is 0 Å². The molecule has 4 aromatic rings. The van der Waals surface area contributed by atoms with Gasteiger partial charge in [-0.3, -0.25) is 4.79 Å². The highest BCUT2D eigenvalue weighted by atomic mass is 35.5. The number of carbonyl (C=O) groups excluding carboxylic acids is 1. The fourth-order valence-electron chi connectivity index (χ4n) is 2.83. The molecule has 0 aliphatic carbocycles. The Morgan fingerprint density at radius 2 is 1.46 bits per heavy atom. The van der Waals surface area contributed by atoms with Crippen molar-refractivity contribution in [1.29, 1.82) is 0 Å². The number of benzene rings is 3. The number of carbonyl (C=O) groups is 1. The molecule has 0 fully saturated rings. The molecule has 0 saturated heterocycles. The number of aromatic nitrogens is 1. The lowest BCUT2D eigenvalue weighted by Crippen LogP contribution is -2.02. The fraction of sp³-hybridized carbons (Fsp3) is 0.0435. The van der Waals surface area contributed by atoms with Gasteiger partial charge in [-0.1, -0.05) is 96.2 Å². The van der Waals surface area contributed by atoms with Crippen LogP contribution in [0.3, 0.4) is 0 Å². The monoisotopic (exact) mass is 405 g/mol. The van der Waals surface area contributed by atoms with Crippen LogP contribution in [-0.2, 0) is 0 Å². The zero-order chi connectivity index (χ0) is 19.3. The highest BCUT2D eigenvalue weighted by Crippen LogP contribution is 2.35. The fourth-order valence-corrected chi connectivity index (χ4v) is 3.78. The van der Waals surface area contributed by atoms with Crippen LogP contribution in [0.4, 0.5) is 0 Å². The number of Topliss-reactive ketones (excluding diaryl/α,β-unsaturated/α-hetero) is 1. The van der Waals surface area contributed by atoms with Gasteiger partial charge in [0.1, 0.15) is 5.69 Å². The van der Waals surface area contributed by atoms with Crippen LogP contribution in [0.2, 0.25) is 5.02 Å². The van der Waals surface area contributed by atoms with Gasteiger partial charge in [0.05, 0.1) is 10.8 Å². The standard InChI is InChI=1S/C23H16ClNO2S/c24-19-14-8-7-13-18(19)20(26)15-28-23-25-21(16-9-3-1-4-10-16)22(27-23)17-11-5-2-6-12-17/h1-14H,15H2. The lowest BCUT2D eigenvalue weighted by atomic mass is 10.1. The van der Waals surface area contributed by atoms with E-state index in [-0.39, 0.29) is 11.5 Å². The molecule has 1 aromatic heterocycles. The molecule has 3 nitrogen and oxygen atoms in total. The Kier molecular flexibility index (Phi) is 5.60. The van der Waals surface area contributed by atoms with Crippen LogP contribution in [0.15, 0.2) is 94.6 Å². The molecular weight excluding hydrogens is 390 g/mol. The molecule has 0 saturated carbocycles. The molecule has 3 aromatic carbocycles. The maximum Gasteiger partial charge on any atom is 0.257 e. The van der Waals surface area contributed by atoms with Crippen molar-refractivity contribution in [2.45, 2.75) is 5.22 Å². The van der Waals surface area contributed by atoms with Crippen molar-refractivity contribution in [2.24, 2.45) is 0 Å². The van der Waals surface area contributed by atoms with E-state index in [9.17, 15) is 4.79 Å². The zero-order valence-electron chi connectivity index (χ0n) is 14.8. The van der Waals surface area contributed by atoms with E-state index in [1.807, 2.05) is 60.7 Å². The van der Waals surface area contributed by atoms with E-state index in [1.54, 1.807) is 24.3 Å². The van der Waals surface area contributed by atoms with Crippen molar-refractivity contribution in [3.05, 3.63) is 95.5 Å². The minimum Gasteiger partial charge on any atom is -0.431 e. The number of ketones is 1. The van der Waals surface area contributed by atoms with Crippen LogP contribution in [0.5, 0.6) is 0 Å². The van der Waals surface area contributed by atoms with Gasteiger partial charge < -0.3 is 4.42 Å². The average molecular weight is 406 g/mol. The molecule has 0 spiro atoms. The molecular formula is C23H16ClNO2S. The van der Waals surface area contributed by atoms with E-state index in [1.165, 1.54) is 11.8 Å². The normalized spacial score (nSPS) is 10.8. The van der Waals surface area contributed by atoms with Crippen LogP contribution < -0.4 is 0 Å². The first-order valence-electron chi connectivity index (χ1n) is 8.74. The molecule has 0 bridgehead atoms. The topological polar surface area (TPSA) is 43.1 Å². The van der Waals surface area contributed by atoms with Gasteiger partial charge in [0, 0.05) is 16.7 Å². The number of hydrogen-bond donors (Lipinski definition) is 0. The lowest BCUT2D eigenvalue weighted by Gasteiger charge is -2.01. The molecule has 0 N–H and O–H groups in total. The summed E-state index contributed by atoms with van der Waals surface area (Å²) < 4.78 is 6.04. The third-order valence-electron chi connectivity index (χ3n) is 4.19. The van der Waals surface area contributed by atoms with E-state index in [0.29, 0.717) is 21.6 Å². The molecule has 0 aliphatic rings. The van der Waals surface area contributed by atoms with Gasteiger partial charge in [-0.25, -0.2) is 4.98 Å². The Morgan fingerprint density at radius 1 is 0.857 bits per heavy atom. The summed E-state index contributed by atoms with van der Waals surface area (Å²) in [6.45, 7) is 0. The highest BCUT2D eigenvalue weighted by molar-refractivity contribution is 7.99. The van der Waals surface area contributed by atoms with Gasteiger partial charge in [0.25, 0.3) is 5.22 Å². The summed E-state index contributed by atoms with van der Waals surface area (Å²) in [5, 5.41) is 0.911. The molecule has 4 rings (SSSR count). The number of thioether (sulfide) groups is 1. The smallest absolute Gasteiger partial charge is 0.257 e. The van der Waals surface area contributed by atoms with Gasteiger partial charge in [-0.05, 0) is 12.1 Å². The number of halogens is 1. The third-order valence-corrected chi connectivity index (χ3v) is 5.35. The van der Waals surface area contributed by atoms with Gasteiger partial charge in [0.2, 0.25) is 0 Å². The summed E-state index contributed by atoms with van der Waals surface area (Å²) >= 11 is 7.39. The molecule has 0 unspecified atom stereocenters. The molecule has 0 aliphatic heterocycles. The van der Waals surface area contributed by atoms with Crippen molar-refractivity contribution in [3.8, 4) is 22.6 Å². The van der Waals surface area contributed by atoms with Gasteiger partial charge >= 0.3 is 0 Å². The quantitative estimate of drug-likeness (QED) is 0.266. The number of oxazole rings is 1. The Balaban J connectivity index is 1.63. The molecule has 0 atom stereocenters. The second-order valence-electron chi connectivity index (χ2n) is 6.08. The highest BCUT2D eigenvalue weighted by Gasteiger charge is 2.18. The van der Waals surface area contributed by atoms with E-state index in [0.717, 1.165) is 16.8 Å². The number of hydrogen-bond acceptors (Lipinski definition) is 4. The predicted molar refractivity (Wildman–Crippen MR) is 114 cm³/mol. The number of nitrogens with zero attached hydrogens (tertiary/aromatic N) is 1. The largest absolute Gasteiger partial charge is 0.431 e. The van der Waals surface area contributed by atoms with Gasteiger partial charge in [-0.15, -0.1) is 0 Å². The first-order chi connectivity index (χ1) is 13.7. The molecule has 28 heavy (non-hydrogen) atoms. The van der Waals surface area contributed by atoms with Crippen molar-refractivity contribution in [2.75, 3.05) is 5.75 Å². The summed E-state index contributed by atoms with van der Waals surface area (Å²) in [6.07, 6.45) is 0. The Labute approximate surface area is 172 Å². The second-order valence-corrected chi connectivity index (χ2v) is 7.42. The number of rotatable bonds is 6. The predicted octanol–water partition coefficient (Wildman–Crippen LogP) is 6.64. The minimum atomic E-state index is -0.0590. The Hall–Kier alpha value is -2.82. The first kappa shape index (κ1) is 18.5. The van der Waals surface area contributed by atoms with Gasteiger partial charge in [0.15, 0.2) is 11.5 Å². The molecule has 1 heterocycles. The van der Waals surface area contributed by atoms with Crippen LogP contribution in [0.25, 0.3) is 22.6 Å². The summed E-state index contributed by atoms with van der Waals surface area (Å²) in [5.41, 5.74) is 3.18. The first-order valence-corrected chi connectivity index (χ1v) is 10.1. The van der Waals surface area contributed by atoms with Crippen molar-refractivity contribution in [1.82, 2.24) is 4.98 Å². The molecule has 138 valence electrons. The summed E-state index contributed by atoms with van der Waals surface area (Å²) in [7, 11) is 0. The van der Waals surface area contributed by atoms with Crippen LogP contribution in [0.1, 0.15) is 10.4 Å². The van der Waals surface area contributed by atoms with E-state index in [2.05, 4.69) is 4.98 Å². The van der Waals surface area contributed by atoms with Crippen molar-refractivity contribution >= 4 is 29.1 Å². The van der Waals surface area contributed by atoms with Crippen molar-refractivity contribution in [3.63, 3.8) is 0 Å². The van der Waals surface area contributed by atoms with Crippen LogP contribution in [-0.4, -0.2) is 16.5 Å².